The molecule has 0 saturated carbocycles. The fraction of sp³-hybridized carbons (Fsp3) is 0.296. The van der Waals surface area contributed by atoms with Crippen molar-refractivity contribution in [2.24, 2.45) is 0 Å². The van der Waals surface area contributed by atoms with Crippen LogP contribution in [0.5, 0.6) is 0 Å². The molecule has 0 N–H and O–H groups in total. The largest absolute Gasteiger partial charge is 0.369 e. The molecule has 0 radical (unpaired) electrons. The number of halogens is 1. The van der Waals surface area contributed by atoms with Crippen LogP contribution in [0, 0.1) is 19.7 Å². The van der Waals surface area contributed by atoms with E-state index in [2.05, 4.69) is 57.4 Å². The number of hydrogen-bond acceptors (Lipinski definition) is 5. The molecule has 5 rings (SSSR count). The van der Waals surface area contributed by atoms with Crippen molar-refractivity contribution >= 4 is 5.69 Å². The summed E-state index contributed by atoms with van der Waals surface area (Å²) in [5.74, 6) is 0.424. The van der Waals surface area contributed by atoms with Gasteiger partial charge in [-0.1, -0.05) is 60.7 Å². The summed E-state index contributed by atoms with van der Waals surface area (Å²) in [6, 6.07) is 23.1. The highest BCUT2D eigenvalue weighted by Gasteiger charge is 2.32. The molecular formula is C27H29FN6. The molecule has 1 aliphatic rings. The number of aryl methyl sites for hydroxylation is 1. The molecule has 1 saturated heterocycles. The Bertz CT molecular complexity index is 1250. The van der Waals surface area contributed by atoms with Crippen LogP contribution in [-0.2, 0) is 6.54 Å². The van der Waals surface area contributed by atoms with Crippen molar-refractivity contribution in [2.45, 2.75) is 26.4 Å². The summed E-state index contributed by atoms with van der Waals surface area (Å²) >= 11 is 0. The SMILES string of the molecule is Cc1cccc(N2CCN(C(c3ccccc3F)c3nnnn3Cc3ccccc3)CC2)c1C. The third-order valence-electron chi connectivity index (χ3n) is 6.78. The van der Waals surface area contributed by atoms with Gasteiger partial charge in [0.1, 0.15) is 11.9 Å². The van der Waals surface area contributed by atoms with Gasteiger partial charge in [0, 0.05) is 37.4 Å². The standard InChI is InChI=1S/C27H29FN6/c1-20-9-8-14-25(21(20)2)32-15-17-33(18-16-32)26(23-12-6-7-13-24(23)28)27-29-30-31-34(27)19-22-10-4-3-5-11-22/h3-14,26H,15-19H2,1-2H3. The summed E-state index contributed by atoms with van der Waals surface area (Å²) in [7, 11) is 0. The molecule has 1 aliphatic heterocycles. The van der Waals surface area contributed by atoms with Crippen LogP contribution in [0.3, 0.4) is 0 Å². The first-order valence-electron chi connectivity index (χ1n) is 11.7. The maximum absolute atomic E-state index is 15.1. The lowest BCUT2D eigenvalue weighted by atomic mass is 10.0. The van der Waals surface area contributed by atoms with E-state index in [1.165, 1.54) is 22.9 Å². The number of hydrogen-bond donors (Lipinski definition) is 0. The van der Waals surface area contributed by atoms with Gasteiger partial charge in [-0.05, 0) is 53.1 Å². The number of tetrazole rings is 1. The van der Waals surface area contributed by atoms with Gasteiger partial charge in [-0.2, -0.15) is 0 Å². The lowest BCUT2D eigenvalue weighted by Gasteiger charge is -2.40. The van der Waals surface area contributed by atoms with E-state index >= 15 is 4.39 Å². The second kappa shape index (κ2) is 9.73. The molecule has 34 heavy (non-hydrogen) atoms. The van der Waals surface area contributed by atoms with Gasteiger partial charge in [0.25, 0.3) is 0 Å². The Labute approximate surface area is 199 Å². The van der Waals surface area contributed by atoms with Crippen LogP contribution in [0.25, 0.3) is 0 Å². The summed E-state index contributed by atoms with van der Waals surface area (Å²) < 4.78 is 16.9. The van der Waals surface area contributed by atoms with Gasteiger partial charge in [0.05, 0.1) is 6.54 Å². The summed E-state index contributed by atoms with van der Waals surface area (Å²) in [4.78, 5) is 4.72. The average molecular weight is 457 g/mol. The van der Waals surface area contributed by atoms with E-state index in [1.54, 1.807) is 10.7 Å². The van der Waals surface area contributed by atoms with Gasteiger partial charge >= 0.3 is 0 Å². The number of nitrogens with zero attached hydrogens (tertiary/aromatic N) is 6. The summed E-state index contributed by atoms with van der Waals surface area (Å²) in [5.41, 5.74) is 5.59. The number of benzene rings is 3. The molecule has 1 unspecified atom stereocenters. The van der Waals surface area contributed by atoms with E-state index in [1.807, 2.05) is 42.5 Å². The predicted octanol–water partition coefficient (Wildman–Crippen LogP) is 4.39. The van der Waals surface area contributed by atoms with Crippen molar-refractivity contribution in [1.29, 1.82) is 0 Å². The number of piperazine rings is 1. The van der Waals surface area contributed by atoms with E-state index in [0.717, 1.165) is 31.7 Å². The minimum atomic E-state index is -0.360. The molecule has 0 spiro atoms. The first-order valence-corrected chi connectivity index (χ1v) is 11.7. The normalized spacial score (nSPS) is 15.4. The van der Waals surface area contributed by atoms with E-state index in [-0.39, 0.29) is 11.9 Å². The van der Waals surface area contributed by atoms with Crippen LogP contribution in [0.15, 0.2) is 72.8 Å². The molecule has 4 aromatic rings. The molecule has 2 heterocycles. The van der Waals surface area contributed by atoms with Crippen molar-refractivity contribution in [1.82, 2.24) is 25.1 Å². The van der Waals surface area contributed by atoms with Crippen LogP contribution in [0.2, 0.25) is 0 Å². The van der Waals surface area contributed by atoms with Crippen molar-refractivity contribution in [3.63, 3.8) is 0 Å². The predicted molar refractivity (Wildman–Crippen MR) is 131 cm³/mol. The maximum Gasteiger partial charge on any atom is 0.173 e. The Kier molecular flexibility index (Phi) is 6.36. The van der Waals surface area contributed by atoms with E-state index in [0.29, 0.717) is 17.9 Å². The molecule has 1 fully saturated rings. The Hall–Kier alpha value is -3.58. The van der Waals surface area contributed by atoms with E-state index in [4.69, 9.17) is 0 Å². The van der Waals surface area contributed by atoms with Crippen molar-refractivity contribution in [3.05, 3.63) is 107 Å². The number of anilines is 1. The smallest absolute Gasteiger partial charge is 0.173 e. The number of aromatic nitrogens is 4. The highest BCUT2D eigenvalue weighted by molar-refractivity contribution is 5.56. The second-order valence-electron chi connectivity index (χ2n) is 8.85. The first kappa shape index (κ1) is 22.2. The highest BCUT2D eigenvalue weighted by atomic mass is 19.1. The Morgan fingerprint density at radius 3 is 2.35 bits per heavy atom. The zero-order valence-corrected chi connectivity index (χ0v) is 19.6. The fourth-order valence-electron chi connectivity index (χ4n) is 4.77. The summed E-state index contributed by atoms with van der Waals surface area (Å²) in [5, 5.41) is 12.6. The van der Waals surface area contributed by atoms with Gasteiger partial charge in [-0.25, -0.2) is 9.07 Å². The van der Waals surface area contributed by atoms with Crippen molar-refractivity contribution in [2.75, 3.05) is 31.1 Å². The Morgan fingerprint density at radius 1 is 0.853 bits per heavy atom. The van der Waals surface area contributed by atoms with Gasteiger partial charge in [0.15, 0.2) is 5.82 Å². The third kappa shape index (κ3) is 4.43. The number of rotatable bonds is 6. The minimum Gasteiger partial charge on any atom is -0.369 e. The zero-order valence-electron chi connectivity index (χ0n) is 19.6. The highest BCUT2D eigenvalue weighted by Crippen LogP contribution is 2.32. The maximum atomic E-state index is 15.1. The molecule has 0 amide bonds. The molecule has 6 nitrogen and oxygen atoms in total. The van der Waals surface area contributed by atoms with Crippen molar-refractivity contribution in [3.8, 4) is 0 Å². The summed E-state index contributed by atoms with van der Waals surface area (Å²) in [6.45, 7) is 8.14. The zero-order chi connectivity index (χ0) is 23.5. The fourth-order valence-corrected chi connectivity index (χ4v) is 4.77. The molecule has 0 bridgehead atoms. The molecule has 0 aliphatic carbocycles. The van der Waals surface area contributed by atoms with E-state index < -0.39 is 0 Å². The quantitative estimate of drug-likeness (QED) is 0.431. The Morgan fingerprint density at radius 2 is 1.59 bits per heavy atom. The first-order chi connectivity index (χ1) is 16.6. The molecule has 1 atom stereocenters. The van der Waals surface area contributed by atoms with Gasteiger partial charge in [-0.3, -0.25) is 4.90 Å². The molecule has 1 aromatic heterocycles. The molecular weight excluding hydrogens is 427 g/mol. The van der Waals surface area contributed by atoms with Crippen molar-refractivity contribution < 1.29 is 4.39 Å². The summed E-state index contributed by atoms with van der Waals surface area (Å²) in [6.07, 6.45) is 0. The van der Waals surface area contributed by atoms with Crippen LogP contribution in [0.1, 0.15) is 34.1 Å². The van der Waals surface area contributed by atoms with Gasteiger partial charge in [-0.15, -0.1) is 5.10 Å². The second-order valence-corrected chi connectivity index (χ2v) is 8.85. The molecule has 3 aromatic carbocycles. The third-order valence-corrected chi connectivity index (χ3v) is 6.78. The minimum absolute atomic E-state index is 0.237. The van der Waals surface area contributed by atoms with Crippen LogP contribution >= 0.6 is 0 Å². The molecule has 7 heteroatoms. The van der Waals surface area contributed by atoms with Crippen LogP contribution in [0.4, 0.5) is 10.1 Å². The lowest BCUT2D eigenvalue weighted by Crippen LogP contribution is -2.48. The molecule has 174 valence electrons. The van der Waals surface area contributed by atoms with E-state index in [9.17, 15) is 0 Å². The topological polar surface area (TPSA) is 50.1 Å². The monoisotopic (exact) mass is 456 g/mol. The average Bonchev–Trinajstić information content (AvgIpc) is 3.31. The lowest BCUT2D eigenvalue weighted by molar-refractivity contribution is 0.198. The van der Waals surface area contributed by atoms with Crippen LogP contribution in [-0.4, -0.2) is 51.3 Å². The van der Waals surface area contributed by atoms with Gasteiger partial charge in [0.2, 0.25) is 0 Å². The van der Waals surface area contributed by atoms with Crippen LogP contribution < -0.4 is 4.90 Å². The Balaban J connectivity index is 1.44. The van der Waals surface area contributed by atoms with Gasteiger partial charge < -0.3 is 4.90 Å².